The first-order valence-corrected chi connectivity index (χ1v) is 4.24. The van der Waals surface area contributed by atoms with E-state index in [-0.39, 0.29) is 0 Å². The van der Waals surface area contributed by atoms with E-state index in [9.17, 15) is 0 Å². The highest BCUT2D eigenvalue weighted by molar-refractivity contribution is 8.02. The van der Waals surface area contributed by atoms with Gasteiger partial charge in [0.2, 0.25) is 0 Å². The molecule has 0 aromatic carbocycles. The molecule has 0 unspecified atom stereocenters. The van der Waals surface area contributed by atoms with Gasteiger partial charge in [0.05, 0.1) is 17.0 Å². The molecule has 0 saturated heterocycles. The molecule has 0 aliphatic rings. The molecule has 1 rings (SSSR count). The first kappa shape index (κ1) is 6.59. The molecule has 4 heteroatoms. The molecule has 1 aromatic rings. The third-order valence-corrected chi connectivity index (χ3v) is 1.97. The van der Waals surface area contributed by atoms with Crippen molar-refractivity contribution in [2.24, 2.45) is 0 Å². The van der Waals surface area contributed by atoms with Crippen LogP contribution in [-0.2, 0) is 5.75 Å². The normalized spacial score (nSPS) is 8.78. The Labute approximate surface area is 61.5 Å². The van der Waals surface area contributed by atoms with E-state index in [1.165, 1.54) is 11.8 Å². The highest BCUT2D eigenvalue weighted by atomic mass is 32.2. The van der Waals surface area contributed by atoms with Gasteiger partial charge < -0.3 is 0 Å². The zero-order valence-corrected chi connectivity index (χ0v) is 6.21. The maximum atomic E-state index is 8.15. The molecule has 0 N–H and O–H groups in total. The van der Waals surface area contributed by atoms with Gasteiger partial charge in [-0.05, 0) is 11.8 Å². The lowest BCUT2D eigenvalue weighted by atomic mass is 10.6. The van der Waals surface area contributed by atoms with E-state index in [1.807, 2.05) is 10.8 Å². The van der Waals surface area contributed by atoms with E-state index in [0.717, 1.165) is 5.69 Å². The fourth-order valence-electron chi connectivity index (χ4n) is 0.415. The number of nitrogens with zero attached hydrogens (tertiary/aromatic N) is 2. The number of rotatable bonds is 2. The van der Waals surface area contributed by atoms with Crippen molar-refractivity contribution in [3.05, 3.63) is 16.6 Å². The van der Waals surface area contributed by atoms with Crippen molar-refractivity contribution < 1.29 is 0 Å². The predicted molar refractivity (Wildman–Crippen MR) is 39.0 cm³/mol. The molecule has 0 radical (unpaired) electrons. The first-order valence-electron chi connectivity index (χ1n) is 2.31. The topological polar surface area (TPSA) is 36.7 Å². The molecule has 2 nitrogen and oxygen atoms in total. The lowest BCUT2D eigenvalue weighted by molar-refractivity contribution is 1.24. The maximum absolute atomic E-state index is 8.15. The van der Waals surface area contributed by atoms with Crippen molar-refractivity contribution in [3.8, 4) is 5.40 Å². The largest absolute Gasteiger partial charge is 0.249 e. The van der Waals surface area contributed by atoms with E-state index in [4.69, 9.17) is 5.26 Å². The lowest BCUT2D eigenvalue weighted by Gasteiger charge is -1.82. The van der Waals surface area contributed by atoms with Crippen molar-refractivity contribution in [1.29, 1.82) is 5.26 Å². The van der Waals surface area contributed by atoms with Crippen molar-refractivity contribution in [1.82, 2.24) is 4.98 Å². The second kappa shape index (κ2) is 3.49. The molecule has 0 fully saturated rings. The molecule has 46 valence electrons. The van der Waals surface area contributed by atoms with Gasteiger partial charge in [0.15, 0.2) is 0 Å². The fraction of sp³-hybridized carbons (Fsp3) is 0.200. The van der Waals surface area contributed by atoms with Gasteiger partial charge in [0, 0.05) is 5.38 Å². The van der Waals surface area contributed by atoms with Gasteiger partial charge in [0.1, 0.15) is 5.40 Å². The Kier molecular flexibility index (Phi) is 2.55. The summed E-state index contributed by atoms with van der Waals surface area (Å²) in [6.07, 6.45) is 0. The van der Waals surface area contributed by atoms with Gasteiger partial charge in [-0.3, -0.25) is 0 Å². The van der Waals surface area contributed by atoms with E-state index in [2.05, 4.69) is 4.98 Å². The third-order valence-electron chi connectivity index (χ3n) is 0.768. The minimum Gasteiger partial charge on any atom is -0.249 e. The van der Waals surface area contributed by atoms with Gasteiger partial charge in [0.25, 0.3) is 0 Å². The molecule has 0 aliphatic carbocycles. The minimum absolute atomic E-state index is 0.708. The summed E-state index contributed by atoms with van der Waals surface area (Å²) in [5, 5.41) is 12.1. The van der Waals surface area contributed by atoms with E-state index in [1.54, 1.807) is 16.8 Å². The van der Waals surface area contributed by atoms with Crippen LogP contribution in [0.5, 0.6) is 0 Å². The molecule has 0 spiro atoms. The van der Waals surface area contributed by atoms with Crippen LogP contribution < -0.4 is 0 Å². The maximum Gasteiger partial charge on any atom is 0.133 e. The molecule has 0 bridgehead atoms. The Morgan fingerprint density at radius 3 is 3.33 bits per heavy atom. The van der Waals surface area contributed by atoms with Crippen LogP contribution in [0.15, 0.2) is 10.9 Å². The van der Waals surface area contributed by atoms with E-state index in [0.29, 0.717) is 5.75 Å². The van der Waals surface area contributed by atoms with Crippen LogP contribution in [0.1, 0.15) is 5.69 Å². The number of hydrogen-bond donors (Lipinski definition) is 0. The van der Waals surface area contributed by atoms with Crippen molar-refractivity contribution >= 4 is 23.1 Å². The van der Waals surface area contributed by atoms with Crippen LogP contribution >= 0.6 is 23.1 Å². The first-order chi connectivity index (χ1) is 4.43. The van der Waals surface area contributed by atoms with Crippen molar-refractivity contribution in [3.63, 3.8) is 0 Å². The molecule has 0 atom stereocenters. The molecule has 0 saturated carbocycles. The summed E-state index contributed by atoms with van der Waals surface area (Å²) in [7, 11) is 0. The quantitative estimate of drug-likeness (QED) is 0.613. The summed E-state index contributed by atoms with van der Waals surface area (Å²) in [6.45, 7) is 0. The Hall–Kier alpha value is -0.530. The molecular formula is C5H4N2S2. The summed E-state index contributed by atoms with van der Waals surface area (Å²) < 4.78 is 0. The molecule has 9 heavy (non-hydrogen) atoms. The van der Waals surface area contributed by atoms with Gasteiger partial charge in [-0.25, -0.2) is 4.98 Å². The number of hydrogen-bond acceptors (Lipinski definition) is 4. The number of thiocyanates is 1. The molecule has 1 aromatic heterocycles. The number of nitriles is 1. The molecular weight excluding hydrogens is 152 g/mol. The van der Waals surface area contributed by atoms with E-state index < -0.39 is 0 Å². The highest BCUT2D eigenvalue weighted by Crippen LogP contribution is 2.09. The van der Waals surface area contributed by atoms with Crippen LogP contribution in [0.2, 0.25) is 0 Å². The van der Waals surface area contributed by atoms with Gasteiger partial charge >= 0.3 is 0 Å². The van der Waals surface area contributed by atoms with E-state index >= 15 is 0 Å². The van der Waals surface area contributed by atoms with Crippen LogP contribution in [0.25, 0.3) is 0 Å². The molecule has 0 amide bonds. The van der Waals surface area contributed by atoms with Crippen LogP contribution in [0.3, 0.4) is 0 Å². The van der Waals surface area contributed by atoms with Crippen LogP contribution in [0.4, 0.5) is 0 Å². The van der Waals surface area contributed by atoms with Crippen molar-refractivity contribution in [2.75, 3.05) is 0 Å². The summed E-state index contributed by atoms with van der Waals surface area (Å²) in [5.74, 6) is 0.708. The molecule has 1 heterocycles. The van der Waals surface area contributed by atoms with Crippen LogP contribution in [0, 0.1) is 10.7 Å². The summed E-state index contributed by atoms with van der Waals surface area (Å²) in [6, 6.07) is 0. The SMILES string of the molecule is N#CSCc1cscn1. The zero-order chi connectivity index (χ0) is 6.53. The minimum atomic E-state index is 0.708. The predicted octanol–water partition coefficient (Wildman–Crippen LogP) is 1.86. The summed E-state index contributed by atoms with van der Waals surface area (Å²) in [4.78, 5) is 4.00. The Morgan fingerprint density at radius 2 is 2.78 bits per heavy atom. The van der Waals surface area contributed by atoms with Crippen LogP contribution in [-0.4, -0.2) is 4.98 Å². The monoisotopic (exact) mass is 156 g/mol. The van der Waals surface area contributed by atoms with Crippen molar-refractivity contribution in [2.45, 2.75) is 5.75 Å². The number of thiazole rings is 1. The highest BCUT2D eigenvalue weighted by Gasteiger charge is 1.91. The number of aromatic nitrogens is 1. The standard InChI is InChI=1S/C5H4N2S2/c6-3-8-1-5-2-9-4-7-5/h2,4H,1H2. The third kappa shape index (κ3) is 2.04. The van der Waals surface area contributed by atoms with Gasteiger partial charge in [-0.1, -0.05) is 0 Å². The number of thioether (sulfide) groups is 1. The fourth-order valence-corrected chi connectivity index (χ4v) is 1.45. The average molecular weight is 156 g/mol. The van der Waals surface area contributed by atoms with Gasteiger partial charge in [-0.2, -0.15) is 5.26 Å². The Morgan fingerprint density at radius 1 is 1.89 bits per heavy atom. The smallest absolute Gasteiger partial charge is 0.133 e. The zero-order valence-electron chi connectivity index (χ0n) is 4.57. The lowest BCUT2D eigenvalue weighted by Crippen LogP contribution is -1.74. The molecule has 0 aliphatic heterocycles. The summed E-state index contributed by atoms with van der Waals surface area (Å²) >= 11 is 2.77. The Bertz CT molecular complexity index is 199. The second-order valence-corrected chi connectivity index (χ2v) is 2.84. The Balaban J connectivity index is 2.41. The van der Waals surface area contributed by atoms with Gasteiger partial charge in [-0.15, -0.1) is 11.3 Å². The summed E-state index contributed by atoms with van der Waals surface area (Å²) in [5.41, 5.74) is 2.76. The second-order valence-electron chi connectivity index (χ2n) is 1.36. The average Bonchev–Trinajstić information content (AvgIpc) is 2.34.